The Morgan fingerprint density at radius 1 is 1.03 bits per heavy atom. The van der Waals surface area contributed by atoms with Gasteiger partial charge in [0.1, 0.15) is 0 Å². The molecule has 0 aromatic heterocycles. The average molecular weight is 405 g/mol. The van der Waals surface area contributed by atoms with Gasteiger partial charge in [0, 0.05) is 19.0 Å². The number of hydrogen-bond acceptors (Lipinski definition) is 3. The van der Waals surface area contributed by atoms with E-state index in [1.807, 2.05) is 17.0 Å². The molecule has 2 unspecified atom stereocenters. The third kappa shape index (κ3) is 3.78. The van der Waals surface area contributed by atoms with Crippen LogP contribution in [0.15, 0.2) is 36.4 Å². The Morgan fingerprint density at radius 3 is 2.24 bits per heavy atom. The van der Waals surface area contributed by atoms with Gasteiger partial charge in [-0.2, -0.15) is 13.2 Å². The van der Waals surface area contributed by atoms with Gasteiger partial charge in [-0.3, -0.25) is 4.79 Å². The number of nitrogens with zero attached hydrogens (tertiary/aromatic N) is 1. The molecule has 0 N–H and O–H groups in total. The summed E-state index contributed by atoms with van der Waals surface area (Å²) in [5, 5.41) is 0. The second-order valence-electron chi connectivity index (χ2n) is 7.55. The highest BCUT2D eigenvalue weighted by molar-refractivity contribution is 5.83. The quantitative estimate of drug-likeness (QED) is 0.756. The average Bonchev–Trinajstić information content (AvgIpc) is 3.52. The number of benzene rings is 2. The Kier molecular flexibility index (Phi) is 4.92. The molecule has 1 aliphatic heterocycles. The topological polar surface area (TPSA) is 38.8 Å². The maximum absolute atomic E-state index is 12.9. The smallest absolute Gasteiger partial charge is 0.416 e. The Hall–Kier alpha value is -2.70. The second-order valence-corrected chi connectivity index (χ2v) is 7.55. The molecule has 4 rings (SSSR count). The molecule has 2 aromatic rings. The fourth-order valence-corrected chi connectivity index (χ4v) is 4.06. The van der Waals surface area contributed by atoms with E-state index in [0.717, 1.165) is 35.2 Å². The molecule has 7 heteroatoms. The number of carbonyl (C=O) groups is 1. The van der Waals surface area contributed by atoms with E-state index in [0.29, 0.717) is 31.0 Å². The molecule has 2 aliphatic rings. The van der Waals surface area contributed by atoms with Crippen LogP contribution < -0.4 is 9.47 Å². The molecule has 1 aliphatic carbocycles. The number of methoxy groups -OCH3 is 2. The van der Waals surface area contributed by atoms with E-state index in [4.69, 9.17) is 9.47 Å². The maximum atomic E-state index is 12.9. The zero-order chi connectivity index (χ0) is 20.8. The lowest BCUT2D eigenvalue weighted by Gasteiger charge is -2.30. The molecular weight excluding hydrogens is 383 g/mol. The highest BCUT2D eigenvalue weighted by atomic mass is 19.4. The van der Waals surface area contributed by atoms with Crippen molar-refractivity contribution < 1.29 is 27.4 Å². The van der Waals surface area contributed by atoms with Crippen molar-refractivity contribution in [1.82, 2.24) is 4.90 Å². The first-order valence-corrected chi connectivity index (χ1v) is 9.51. The lowest BCUT2D eigenvalue weighted by atomic mass is 9.98. The van der Waals surface area contributed by atoms with Crippen molar-refractivity contribution in [2.75, 3.05) is 20.8 Å². The molecule has 1 heterocycles. The summed E-state index contributed by atoms with van der Waals surface area (Å²) >= 11 is 0. The van der Waals surface area contributed by atoms with Crippen LogP contribution in [-0.2, 0) is 23.9 Å². The number of rotatable bonds is 4. The highest BCUT2D eigenvalue weighted by Gasteiger charge is 2.46. The van der Waals surface area contributed by atoms with E-state index >= 15 is 0 Å². The molecule has 2 aromatic carbocycles. The number of hydrogen-bond donors (Lipinski definition) is 0. The first-order valence-electron chi connectivity index (χ1n) is 9.51. The summed E-state index contributed by atoms with van der Waals surface area (Å²) in [6, 6.07) is 9.02. The highest BCUT2D eigenvalue weighted by Crippen LogP contribution is 2.49. The van der Waals surface area contributed by atoms with E-state index in [2.05, 4.69) is 0 Å². The Balaban J connectivity index is 1.44. The maximum Gasteiger partial charge on any atom is 0.416 e. The van der Waals surface area contributed by atoms with Crippen LogP contribution in [0, 0.1) is 5.92 Å². The zero-order valence-corrected chi connectivity index (χ0v) is 16.3. The van der Waals surface area contributed by atoms with Crippen molar-refractivity contribution in [2.45, 2.75) is 31.5 Å². The van der Waals surface area contributed by atoms with Crippen LogP contribution in [0.3, 0.4) is 0 Å². The van der Waals surface area contributed by atoms with Gasteiger partial charge in [0.25, 0.3) is 0 Å². The molecule has 0 bridgehead atoms. The lowest BCUT2D eigenvalue weighted by molar-refractivity contribution is -0.137. The molecule has 29 heavy (non-hydrogen) atoms. The number of alkyl halides is 3. The normalized spacial score (nSPS) is 20.8. The summed E-state index contributed by atoms with van der Waals surface area (Å²) in [5.41, 5.74) is 2.30. The van der Waals surface area contributed by atoms with Gasteiger partial charge in [-0.1, -0.05) is 12.1 Å². The molecule has 2 atom stereocenters. The van der Waals surface area contributed by atoms with E-state index in [9.17, 15) is 18.0 Å². The minimum Gasteiger partial charge on any atom is -0.493 e. The van der Waals surface area contributed by atoms with Crippen LogP contribution in [0.25, 0.3) is 0 Å². The molecule has 1 saturated carbocycles. The summed E-state index contributed by atoms with van der Waals surface area (Å²) in [4.78, 5) is 14.8. The van der Waals surface area contributed by atoms with Gasteiger partial charge in [-0.05, 0) is 59.7 Å². The second kappa shape index (κ2) is 7.28. The molecule has 154 valence electrons. The molecular formula is C22H22F3NO3. The van der Waals surface area contributed by atoms with Gasteiger partial charge in [0.2, 0.25) is 5.91 Å². The number of halogens is 3. The van der Waals surface area contributed by atoms with Crippen molar-refractivity contribution in [2.24, 2.45) is 5.92 Å². The van der Waals surface area contributed by atoms with Crippen LogP contribution >= 0.6 is 0 Å². The third-order valence-corrected chi connectivity index (χ3v) is 5.80. The molecule has 1 fully saturated rings. The first kappa shape index (κ1) is 19.6. The van der Waals surface area contributed by atoms with Gasteiger partial charge < -0.3 is 14.4 Å². The van der Waals surface area contributed by atoms with Gasteiger partial charge in [0.15, 0.2) is 11.5 Å². The van der Waals surface area contributed by atoms with Crippen LogP contribution in [0.5, 0.6) is 11.5 Å². The first-order chi connectivity index (χ1) is 13.8. The van der Waals surface area contributed by atoms with E-state index in [1.165, 1.54) is 12.1 Å². The predicted octanol–water partition coefficient (Wildman–Crippen LogP) is 4.41. The van der Waals surface area contributed by atoms with Gasteiger partial charge in [-0.15, -0.1) is 0 Å². The van der Waals surface area contributed by atoms with E-state index < -0.39 is 11.7 Å². The van der Waals surface area contributed by atoms with Crippen molar-refractivity contribution >= 4 is 5.91 Å². The zero-order valence-electron chi connectivity index (χ0n) is 16.3. The fourth-order valence-electron chi connectivity index (χ4n) is 4.06. The summed E-state index contributed by atoms with van der Waals surface area (Å²) < 4.78 is 48.9. The summed E-state index contributed by atoms with van der Waals surface area (Å²) in [7, 11) is 3.17. The molecule has 0 spiro atoms. The standard InChI is InChI=1S/C22H22F3NO3/c1-28-19-9-14-7-8-26(12-15(14)10-20(19)29-2)21(27)18-11-17(18)13-3-5-16(6-4-13)22(23,24)25/h3-6,9-10,17-18H,7-8,11-12H2,1-2H3. The van der Waals surface area contributed by atoms with Crippen LogP contribution in [0.2, 0.25) is 0 Å². The van der Waals surface area contributed by atoms with Crippen LogP contribution in [0.4, 0.5) is 13.2 Å². The third-order valence-electron chi connectivity index (χ3n) is 5.80. The van der Waals surface area contributed by atoms with Crippen molar-refractivity contribution in [3.05, 3.63) is 58.7 Å². The van der Waals surface area contributed by atoms with Gasteiger partial charge in [-0.25, -0.2) is 0 Å². The summed E-state index contributed by atoms with van der Waals surface area (Å²) in [6.45, 7) is 1.13. The number of fused-ring (bicyclic) bond motifs is 1. The monoisotopic (exact) mass is 405 g/mol. The summed E-state index contributed by atoms with van der Waals surface area (Å²) in [5.74, 6) is 1.21. The number of carbonyl (C=O) groups excluding carboxylic acids is 1. The Morgan fingerprint density at radius 2 is 1.66 bits per heavy atom. The van der Waals surface area contributed by atoms with Crippen molar-refractivity contribution in [3.8, 4) is 11.5 Å². The Labute approximate surface area is 167 Å². The summed E-state index contributed by atoms with van der Waals surface area (Å²) in [6.07, 6.45) is -2.93. The largest absolute Gasteiger partial charge is 0.493 e. The number of ether oxygens (including phenoxy) is 2. The molecule has 0 saturated heterocycles. The van der Waals surface area contributed by atoms with E-state index in [1.54, 1.807) is 14.2 Å². The van der Waals surface area contributed by atoms with Crippen molar-refractivity contribution in [1.29, 1.82) is 0 Å². The van der Waals surface area contributed by atoms with E-state index in [-0.39, 0.29) is 17.7 Å². The van der Waals surface area contributed by atoms with Crippen LogP contribution in [-0.4, -0.2) is 31.6 Å². The van der Waals surface area contributed by atoms with Crippen molar-refractivity contribution in [3.63, 3.8) is 0 Å². The lowest BCUT2D eigenvalue weighted by Crippen LogP contribution is -2.37. The fraction of sp³-hybridized carbons (Fsp3) is 0.409. The Bertz CT molecular complexity index is 924. The van der Waals surface area contributed by atoms with Crippen LogP contribution in [0.1, 0.15) is 34.6 Å². The molecule has 4 nitrogen and oxygen atoms in total. The molecule has 0 radical (unpaired) electrons. The minimum absolute atomic E-state index is 0.00316. The number of amides is 1. The minimum atomic E-state index is -4.35. The predicted molar refractivity (Wildman–Crippen MR) is 101 cm³/mol. The SMILES string of the molecule is COc1cc2c(cc1OC)CN(C(=O)C1CC1c1ccc(C(F)(F)F)cc1)CC2. The molecule has 1 amide bonds. The van der Waals surface area contributed by atoms with Gasteiger partial charge in [0.05, 0.1) is 19.8 Å². The van der Waals surface area contributed by atoms with Gasteiger partial charge >= 0.3 is 6.18 Å².